The number of H-pyrrole nitrogens is 1. The maximum atomic E-state index is 14.6. The summed E-state index contributed by atoms with van der Waals surface area (Å²) in [5.41, 5.74) is 0.672. The molecule has 0 amide bonds. The maximum absolute atomic E-state index is 14.6. The smallest absolute Gasteiger partial charge is 0.198 e. The molecule has 0 aliphatic carbocycles. The molecule has 0 saturated carbocycles. The van der Waals surface area contributed by atoms with E-state index < -0.39 is 17.4 Å². The Kier molecular flexibility index (Phi) is 5.38. The van der Waals surface area contributed by atoms with Gasteiger partial charge in [0.25, 0.3) is 0 Å². The van der Waals surface area contributed by atoms with Crippen LogP contribution in [0.5, 0.6) is 11.5 Å². The number of anilines is 1. The lowest BCUT2D eigenvalue weighted by molar-refractivity contribution is 0.244. The third-order valence-electron chi connectivity index (χ3n) is 4.16. The fraction of sp³-hybridized carbons (Fsp3) is 0.222. The van der Waals surface area contributed by atoms with Crippen molar-refractivity contribution in [2.24, 2.45) is 10.9 Å². The van der Waals surface area contributed by atoms with E-state index in [-0.39, 0.29) is 24.0 Å². The van der Waals surface area contributed by atoms with Crippen molar-refractivity contribution in [3.63, 3.8) is 0 Å². The molecule has 1 aromatic carbocycles. The number of halogens is 3. The van der Waals surface area contributed by atoms with E-state index in [0.29, 0.717) is 33.5 Å². The van der Waals surface area contributed by atoms with Crippen molar-refractivity contribution in [1.29, 1.82) is 0 Å². The van der Waals surface area contributed by atoms with Gasteiger partial charge >= 0.3 is 0 Å². The fourth-order valence-corrected chi connectivity index (χ4v) is 3.93. The average molecular weight is 425 g/mol. The molecule has 0 saturated heterocycles. The number of benzene rings is 1. The predicted octanol–water partition coefficient (Wildman–Crippen LogP) is 4.41. The zero-order chi connectivity index (χ0) is 19.7. The number of thioether (sulfide) groups is 1. The molecule has 3 N–H and O–H groups in total. The van der Waals surface area contributed by atoms with Crippen LogP contribution in [0.3, 0.4) is 0 Å². The van der Waals surface area contributed by atoms with Crippen molar-refractivity contribution >= 4 is 45.3 Å². The minimum absolute atomic E-state index is 0.0620. The zero-order valence-electron chi connectivity index (χ0n) is 14.4. The van der Waals surface area contributed by atoms with E-state index in [1.165, 1.54) is 30.2 Å². The number of aromatic nitrogens is 2. The number of hydrogen-bond donors (Lipinski definition) is 3. The minimum atomic E-state index is -0.867. The van der Waals surface area contributed by atoms with Crippen LogP contribution in [0.2, 0.25) is 5.02 Å². The number of aromatic amines is 1. The maximum Gasteiger partial charge on any atom is 0.198 e. The first kappa shape index (κ1) is 19.0. The van der Waals surface area contributed by atoms with Gasteiger partial charge in [-0.3, -0.25) is 4.99 Å². The lowest BCUT2D eigenvalue weighted by atomic mass is 10.2. The van der Waals surface area contributed by atoms with Gasteiger partial charge in [-0.2, -0.15) is 0 Å². The number of aliphatic hydroxyl groups is 1. The molecule has 4 rings (SSSR count). The van der Waals surface area contributed by atoms with Crippen LogP contribution >= 0.6 is 23.4 Å². The highest BCUT2D eigenvalue weighted by Crippen LogP contribution is 2.36. The number of hydrogen-bond acceptors (Lipinski definition) is 6. The number of aliphatic imine (C=N–C) groups is 1. The molecule has 0 bridgehead atoms. The standard InChI is InChI=1S/C18H15ClF2N4O2S/c19-11-6-23-17-15(11)14(1-2-22-17)27-16-12(20)3-10(4-13(16)21)25-18-24-5-9(7-26)8-28-18/h1-4,6,9,26H,5,7-8H2,(H,22,23)(H,24,25). The van der Waals surface area contributed by atoms with Gasteiger partial charge in [0.05, 0.1) is 10.4 Å². The molecular formula is C18H15ClF2N4O2S. The molecule has 2 aromatic heterocycles. The van der Waals surface area contributed by atoms with E-state index in [4.69, 9.17) is 21.4 Å². The molecule has 28 heavy (non-hydrogen) atoms. The Morgan fingerprint density at radius 1 is 1.36 bits per heavy atom. The number of aliphatic hydroxyl groups excluding tert-OH is 1. The van der Waals surface area contributed by atoms with Gasteiger partial charge in [-0.15, -0.1) is 0 Å². The van der Waals surface area contributed by atoms with Crippen LogP contribution < -0.4 is 10.1 Å². The number of amidine groups is 1. The fourth-order valence-electron chi connectivity index (χ4n) is 2.73. The van der Waals surface area contributed by atoms with Crippen LogP contribution in [-0.2, 0) is 0 Å². The number of nitrogens with one attached hydrogen (secondary N) is 2. The Morgan fingerprint density at radius 2 is 2.14 bits per heavy atom. The normalized spacial score (nSPS) is 16.9. The molecule has 1 aliphatic rings. The molecule has 6 nitrogen and oxygen atoms in total. The van der Waals surface area contributed by atoms with Crippen LogP contribution in [0.1, 0.15) is 0 Å². The lowest BCUT2D eigenvalue weighted by Gasteiger charge is -2.19. The number of pyridine rings is 1. The van der Waals surface area contributed by atoms with Crippen LogP contribution in [-0.4, -0.2) is 39.1 Å². The molecule has 146 valence electrons. The topological polar surface area (TPSA) is 82.5 Å². The average Bonchev–Trinajstić information content (AvgIpc) is 3.07. The minimum Gasteiger partial charge on any atom is -0.450 e. The Hall–Kier alpha value is -2.36. The van der Waals surface area contributed by atoms with Gasteiger partial charge in [0.2, 0.25) is 0 Å². The van der Waals surface area contributed by atoms with Gasteiger partial charge in [0.15, 0.2) is 22.6 Å². The molecular weight excluding hydrogens is 410 g/mol. The number of rotatable bonds is 4. The van der Waals surface area contributed by atoms with Gasteiger partial charge in [0, 0.05) is 55.0 Å². The summed E-state index contributed by atoms with van der Waals surface area (Å²) in [5, 5.41) is 13.4. The molecule has 3 aromatic rings. The summed E-state index contributed by atoms with van der Waals surface area (Å²) in [6, 6.07) is 3.76. The second-order valence-electron chi connectivity index (χ2n) is 6.17. The Labute approximate surface area is 168 Å². The molecule has 0 radical (unpaired) electrons. The first-order chi connectivity index (χ1) is 13.5. The van der Waals surface area contributed by atoms with Gasteiger partial charge in [-0.25, -0.2) is 13.8 Å². The summed E-state index contributed by atoms with van der Waals surface area (Å²) >= 11 is 7.49. The lowest BCUT2D eigenvalue weighted by Crippen LogP contribution is -2.23. The Morgan fingerprint density at radius 3 is 2.82 bits per heavy atom. The number of ether oxygens (including phenoxy) is 1. The van der Waals surface area contributed by atoms with Crippen LogP contribution in [0.25, 0.3) is 11.0 Å². The second-order valence-corrected chi connectivity index (χ2v) is 7.59. The van der Waals surface area contributed by atoms with Crippen molar-refractivity contribution in [3.8, 4) is 11.5 Å². The van der Waals surface area contributed by atoms with E-state index >= 15 is 0 Å². The molecule has 0 fully saturated rings. The summed E-state index contributed by atoms with van der Waals surface area (Å²) in [6.45, 7) is 0.528. The molecule has 1 atom stereocenters. The van der Waals surface area contributed by atoms with Gasteiger partial charge in [-0.1, -0.05) is 23.4 Å². The van der Waals surface area contributed by atoms with Crippen molar-refractivity contribution in [2.45, 2.75) is 0 Å². The quantitative estimate of drug-likeness (QED) is 0.578. The van der Waals surface area contributed by atoms with Gasteiger partial charge in [-0.05, 0) is 6.07 Å². The Bertz CT molecular complexity index is 1040. The highest BCUT2D eigenvalue weighted by Gasteiger charge is 2.19. The molecule has 1 unspecified atom stereocenters. The summed E-state index contributed by atoms with van der Waals surface area (Å²) < 4.78 is 34.6. The highest BCUT2D eigenvalue weighted by atomic mass is 35.5. The number of nitrogens with zero attached hydrogens (tertiary/aromatic N) is 2. The summed E-state index contributed by atoms with van der Waals surface area (Å²) in [5.74, 6) is -1.30. The highest BCUT2D eigenvalue weighted by molar-refractivity contribution is 8.14. The first-order valence-corrected chi connectivity index (χ1v) is 9.75. The second kappa shape index (κ2) is 7.94. The molecule has 10 heteroatoms. The third kappa shape index (κ3) is 3.78. The van der Waals surface area contributed by atoms with Crippen molar-refractivity contribution in [2.75, 3.05) is 24.2 Å². The van der Waals surface area contributed by atoms with Crippen LogP contribution in [0.15, 0.2) is 35.6 Å². The monoisotopic (exact) mass is 424 g/mol. The van der Waals surface area contributed by atoms with E-state index in [1.54, 1.807) is 0 Å². The first-order valence-electron chi connectivity index (χ1n) is 8.38. The zero-order valence-corrected chi connectivity index (χ0v) is 15.9. The van der Waals surface area contributed by atoms with E-state index in [2.05, 4.69) is 20.3 Å². The molecule has 3 heterocycles. The molecule has 0 spiro atoms. The van der Waals surface area contributed by atoms with E-state index in [0.717, 1.165) is 12.1 Å². The largest absolute Gasteiger partial charge is 0.450 e. The van der Waals surface area contributed by atoms with E-state index in [1.807, 2.05) is 0 Å². The van der Waals surface area contributed by atoms with Crippen molar-refractivity contribution in [1.82, 2.24) is 9.97 Å². The predicted molar refractivity (Wildman–Crippen MR) is 106 cm³/mol. The van der Waals surface area contributed by atoms with Crippen LogP contribution in [0.4, 0.5) is 14.5 Å². The van der Waals surface area contributed by atoms with E-state index in [9.17, 15) is 8.78 Å². The summed E-state index contributed by atoms with van der Waals surface area (Å²) in [4.78, 5) is 11.2. The Balaban J connectivity index is 1.58. The summed E-state index contributed by atoms with van der Waals surface area (Å²) in [7, 11) is 0. The van der Waals surface area contributed by atoms with Gasteiger partial charge < -0.3 is 20.1 Å². The third-order valence-corrected chi connectivity index (χ3v) is 5.60. The SMILES string of the molecule is OCC1CN=C(Nc2cc(F)c(Oc3ccnc4[nH]cc(Cl)c34)c(F)c2)SC1. The number of fused-ring (bicyclic) bond motifs is 1. The molecule has 1 aliphatic heterocycles. The van der Waals surface area contributed by atoms with Crippen molar-refractivity contribution in [3.05, 3.63) is 47.2 Å². The van der Waals surface area contributed by atoms with Crippen molar-refractivity contribution < 1.29 is 18.6 Å². The van der Waals surface area contributed by atoms with Gasteiger partial charge in [0.1, 0.15) is 11.4 Å². The summed E-state index contributed by atoms with van der Waals surface area (Å²) in [6.07, 6.45) is 2.98. The van der Waals surface area contributed by atoms with Crippen LogP contribution in [0, 0.1) is 17.6 Å².